The van der Waals surface area contributed by atoms with Crippen LogP contribution >= 0.6 is 35.1 Å². The van der Waals surface area contributed by atoms with Gasteiger partial charge < -0.3 is 9.84 Å². The number of benzene rings is 1. The SMILES string of the molecule is Cc1cc(C(F)(F)F)nc2c1cc(C(O)c1c(Cl)ncc(C(=O)OC(C)(C)C)c1Cl)n2Sc1ccccc1. The first-order valence-corrected chi connectivity index (χ1v) is 12.8. The van der Waals surface area contributed by atoms with Gasteiger partial charge in [0.2, 0.25) is 0 Å². The van der Waals surface area contributed by atoms with Gasteiger partial charge in [-0.2, -0.15) is 13.2 Å². The predicted molar refractivity (Wildman–Crippen MR) is 141 cm³/mol. The minimum atomic E-state index is -4.68. The van der Waals surface area contributed by atoms with Crippen LogP contribution in [-0.2, 0) is 10.9 Å². The number of carbonyl (C=O) groups excluding carboxylic acids is 1. The number of aliphatic hydroxyl groups is 1. The fourth-order valence-corrected chi connectivity index (χ4v) is 5.27. The molecule has 0 saturated heterocycles. The number of pyridine rings is 2. The van der Waals surface area contributed by atoms with E-state index in [-0.39, 0.29) is 32.6 Å². The van der Waals surface area contributed by atoms with E-state index in [9.17, 15) is 23.1 Å². The molecule has 4 aromatic rings. The molecule has 200 valence electrons. The molecule has 3 aromatic heterocycles. The van der Waals surface area contributed by atoms with Crippen molar-refractivity contribution >= 4 is 52.2 Å². The summed E-state index contributed by atoms with van der Waals surface area (Å²) in [6.45, 7) is 6.57. The van der Waals surface area contributed by atoms with Gasteiger partial charge in [-0.15, -0.1) is 0 Å². The Bertz CT molecular complexity index is 1520. The molecule has 0 aliphatic carbocycles. The summed E-state index contributed by atoms with van der Waals surface area (Å²) in [5.74, 6) is -0.772. The quantitative estimate of drug-likeness (QED) is 0.192. The summed E-state index contributed by atoms with van der Waals surface area (Å²) in [5.41, 5.74) is -1.67. The molecule has 0 spiro atoms. The minimum absolute atomic E-state index is 0.0104. The standard InChI is InChI=1S/C26H22Cl2F3N3O3S/c1-13-10-18(26(29,30)31)33-23-15(13)11-17(34(23)38-14-8-6-5-7-9-14)21(35)19-20(27)16(12-32-22(19)28)24(36)37-25(2,3)4/h5-12,21,35H,1-4H3. The van der Waals surface area contributed by atoms with E-state index in [1.807, 2.05) is 0 Å². The smallest absolute Gasteiger partial charge is 0.433 e. The first-order chi connectivity index (χ1) is 17.7. The largest absolute Gasteiger partial charge is 0.456 e. The van der Waals surface area contributed by atoms with Gasteiger partial charge in [0.05, 0.1) is 16.3 Å². The highest BCUT2D eigenvalue weighted by Gasteiger charge is 2.35. The molecule has 0 bridgehead atoms. The summed E-state index contributed by atoms with van der Waals surface area (Å²) in [6.07, 6.45) is -5.11. The monoisotopic (exact) mass is 583 g/mol. The number of ether oxygens (including phenoxy) is 1. The Labute approximate surface area is 230 Å². The Morgan fingerprint density at radius 3 is 2.39 bits per heavy atom. The molecule has 3 heterocycles. The van der Waals surface area contributed by atoms with Crippen LogP contribution in [0.15, 0.2) is 53.6 Å². The average Bonchev–Trinajstić information content (AvgIpc) is 3.17. The number of nitrogens with zero attached hydrogens (tertiary/aromatic N) is 3. The third-order valence-corrected chi connectivity index (χ3v) is 7.13. The van der Waals surface area contributed by atoms with Crippen LogP contribution in [0.1, 0.15) is 59.7 Å². The maximum absolute atomic E-state index is 13.6. The van der Waals surface area contributed by atoms with Crippen LogP contribution in [-0.4, -0.2) is 30.6 Å². The molecule has 0 radical (unpaired) electrons. The lowest BCUT2D eigenvalue weighted by molar-refractivity contribution is -0.141. The lowest BCUT2D eigenvalue weighted by atomic mass is 10.1. The molecule has 6 nitrogen and oxygen atoms in total. The number of hydrogen-bond donors (Lipinski definition) is 1. The van der Waals surface area contributed by atoms with Crippen molar-refractivity contribution in [2.24, 2.45) is 0 Å². The van der Waals surface area contributed by atoms with E-state index < -0.39 is 29.5 Å². The van der Waals surface area contributed by atoms with Gasteiger partial charge in [-0.25, -0.2) is 14.8 Å². The van der Waals surface area contributed by atoms with E-state index in [0.29, 0.717) is 15.8 Å². The van der Waals surface area contributed by atoms with Crippen LogP contribution in [0, 0.1) is 6.92 Å². The number of esters is 1. The van der Waals surface area contributed by atoms with Crippen molar-refractivity contribution in [1.82, 2.24) is 13.9 Å². The van der Waals surface area contributed by atoms with Crippen molar-refractivity contribution in [2.45, 2.75) is 50.5 Å². The maximum atomic E-state index is 13.6. The van der Waals surface area contributed by atoms with Crippen LogP contribution in [0.3, 0.4) is 0 Å². The van der Waals surface area contributed by atoms with Gasteiger partial charge in [-0.3, -0.25) is 3.97 Å². The normalized spacial score (nSPS) is 13.1. The fraction of sp³-hybridized carbons (Fsp3) is 0.269. The molecule has 12 heteroatoms. The highest BCUT2D eigenvalue weighted by molar-refractivity contribution is 7.98. The fourth-order valence-electron chi connectivity index (χ4n) is 3.68. The zero-order valence-corrected chi connectivity index (χ0v) is 22.9. The third-order valence-electron chi connectivity index (χ3n) is 5.37. The molecule has 4 rings (SSSR count). The molecule has 1 N–H and O–H groups in total. The average molecular weight is 584 g/mol. The second kappa shape index (κ2) is 10.4. The van der Waals surface area contributed by atoms with E-state index >= 15 is 0 Å². The van der Waals surface area contributed by atoms with Crippen molar-refractivity contribution in [2.75, 3.05) is 0 Å². The van der Waals surface area contributed by atoms with Crippen molar-refractivity contribution in [3.05, 3.63) is 86.9 Å². The van der Waals surface area contributed by atoms with Gasteiger partial charge in [0.15, 0.2) is 5.65 Å². The second-order valence-corrected chi connectivity index (χ2v) is 11.2. The zero-order chi connectivity index (χ0) is 28.0. The van der Waals surface area contributed by atoms with Crippen molar-refractivity contribution < 1.29 is 27.8 Å². The van der Waals surface area contributed by atoms with E-state index in [1.165, 1.54) is 17.0 Å². The molecule has 0 aliphatic heterocycles. The first kappa shape index (κ1) is 28.2. The van der Waals surface area contributed by atoms with E-state index in [2.05, 4.69) is 9.97 Å². The van der Waals surface area contributed by atoms with Crippen LogP contribution < -0.4 is 0 Å². The summed E-state index contributed by atoms with van der Waals surface area (Å²) < 4.78 is 47.6. The van der Waals surface area contributed by atoms with Crippen LogP contribution in [0.25, 0.3) is 11.0 Å². The molecule has 1 aromatic carbocycles. The van der Waals surface area contributed by atoms with Gasteiger partial charge in [0, 0.05) is 22.0 Å². The van der Waals surface area contributed by atoms with Gasteiger partial charge >= 0.3 is 12.1 Å². The van der Waals surface area contributed by atoms with E-state index in [0.717, 1.165) is 24.2 Å². The number of rotatable bonds is 5. The number of carbonyl (C=O) groups is 1. The Balaban J connectivity index is 1.92. The third kappa shape index (κ3) is 5.78. The molecular weight excluding hydrogens is 562 g/mol. The highest BCUT2D eigenvalue weighted by atomic mass is 35.5. The second-order valence-electron chi connectivity index (χ2n) is 9.42. The number of aromatic nitrogens is 3. The number of aryl methyl sites for hydroxylation is 1. The molecule has 0 saturated carbocycles. The predicted octanol–water partition coefficient (Wildman–Crippen LogP) is 7.66. The van der Waals surface area contributed by atoms with Crippen LogP contribution in [0.4, 0.5) is 13.2 Å². The summed E-state index contributed by atoms with van der Waals surface area (Å²) in [5, 5.41) is 11.5. The van der Waals surface area contributed by atoms with Crippen molar-refractivity contribution in [3.8, 4) is 0 Å². The van der Waals surface area contributed by atoms with Gasteiger partial charge in [-0.05, 0) is 69.5 Å². The highest BCUT2D eigenvalue weighted by Crippen LogP contribution is 2.41. The summed E-state index contributed by atoms with van der Waals surface area (Å²) in [6, 6.07) is 11.3. The number of hydrogen-bond acceptors (Lipinski definition) is 6. The minimum Gasteiger partial charge on any atom is -0.456 e. The Kier molecular flexibility index (Phi) is 7.73. The van der Waals surface area contributed by atoms with Crippen molar-refractivity contribution in [3.63, 3.8) is 0 Å². The number of halogens is 5. The molecule has 1 atom stereocenters. The van der Waals surface area contributed by atoms with Gasteiger partial charge in [0.25, 0.3) is 0 Å². The molecule has 0 aliphatic rings. The Hall–Kier alpha value is -2.79. The topological polar surface area (TPSA) is 77.2 Å². The van der Waals surface area contributed by atoms with Gasteiger partial charge in [0.1, 0.15) is 22.6 Å². The number of alkyl halides is 3. The summed E-state index contributed by atoms with van der Waals surface area (Å²) >= 11 is 13.9. The van der Waals surface area contributed by atoms with Crippen LogP contribution in [0.2, 0.25) is 10.2 Å². The first-order valence-electron chi connectivity index (χ1n) is 11.3. The molecule has 0 fully saturated rings. The summed E-state index contributed by atoms with van der Waals surface area (Å²) in [7, 11) is 0. The van der Waals surface area contributed by atoms with E-state index in [4.69, 9.17) is 27.9 Å². The maximum Gasteiger partial charge on any atom is 0.433 e. The summed E-state index contributed by atoms with van der Waals surface area (Å²) in [4.78, 5) is 21.3. The molecule has 1 unspecified atom stereocenters. The number of aliphatic hydroxyl groups excluding tert-OH is 1. The van der Waals surface area contributed by atoms with Crippen LogP contribution in [0.5, 0.6) is 0 Å². The molecule has 0 amide bonds. The Morgan fingerprint density at radius 2 is 1.79 bits per heavy atom. The lowest BCUT2D eigenvalue weighted by Crippen LogP contribution is -2.24. The lowest BCUT2D eigenvalue weighted by Gasteiger charge is -2.21. The zero-order valence-electron chi connectivity index (χ0n) is 20.6. The molecular formula is C26H22Cl2F3N3O3S. The Morgan fingerprint density at radius 1 is 1.13 bits per heavy atom. The molecule has 38 heavy (non-hydrogen) atoms. The van der Waals surface area contributed by atoms with Crippen molar-refractivity contribution in [1.29, 1.82) is 0 Å². The van der Waals surface area contributed by atoms with E-state index in [1.54, 1.807) is 51.1 Å². The van der Waals surface area contributed by atoms with Gasteiger partial charge in [-0.1, -0.05) is 41.4 Å². The number of fused-ring (bicyclic) bond motifs is 1.